The highest BCUT2D eigenvalue weighted by Crippen LogP contribution is 2.77. The third-order valence-electron chi connectivity index (χ3n) is 15.7. The number of carbonyl (C=O) groups excluding carboxylic acids is 1. The van der Waals surface area contributed by atoms with Crippen molar-refractivity contribution in [2.75, 3.05) is 20.3 Å². The Bertz CT molecular complexity index is 1180. The van der Waals surface area contributed by atoms with Crippen LogP contribution in [0.15, 0.2) is 12.2 Å². The summed E-state index contributed by atoms with van der Waals surface area (Å²) in [6.07, 6.45) is 12.8. The van der Waals surface area contributed by atoms with Crippen molar-refractivity contribution in [3.8, 4) is 0 Å². The fourth-order valence-electron chi connectivity index (χ4n) is 13.3. The third kappa shape index (κ3) is 4.90. The van der Waals surface area contributed by atoms with E-state index >= 15 is 0 Å². The molecule has 7 nitrogen and oxygen atoms in total. The summed E-state index contributed by atoms with van der Waals surface area (Å²) in [5.74, 6) is 1.20. The average molecular weight is 628 g/mol. The molecule has 0 aromatic heterocycles. The molecule has 6 rings (SSSR count). The lowest BCUT2D eigenvalue weighted by Crippen LogP contribution is -2.67. The van der Waals surface area contributed by atoms with Crippen LogP contribution in [0.5, 0.6) is 0 Å². The number of hydroxylamine groups is 2. The van der Waals surface area contributed by atoms with E-state index in [1.54, 1.807) is 12.2 Å². The van der Waals surface area contributed by atoms with Gasteiger partial charge in [0.25, 0.3) is 0 Å². The van der Waals surface area contributed by atoms with Crippen LogP contribution in [0.2, 0.25) is 0 Å². The highest BCUT2D eigenvalue weighted by molar-refractivity contribution is 5.76. The third-order valence-corrected chi connectivity index (χ3v) is 15.7. The van der Waals surface area contributed by atoms with Crippen molar-refractivity contribution < 1.29 is 29.0 Å². The molecule has 6 fully saturated rings. The fraction of sp³-hybridized carbons (Fsp3) is 0.895. The van der Waals surface area contributed by atoms with Crippen LogP contribution >= 0.6 is 0 Å². The first kappa shape index (κ1) is 33.5. The Morgan fingerprint density at radius 3 is 2.29 bits per heavy atom. The molecule has 0 spiro atoms. The smallest absolute Gasteiger partial charge is 0.323 e. The molecule has 0 aromatic carbocycles. The van der Waals surface area contributed by atoms with E-state index in [2.05, 4.69) is 48.1 Å². The van der Waals surface area contributed by atoms with Crippen LogP contribution in [-0.4, -0.2) is 54.7 Å². The number of carbonyl (C=O) groups is 2. The lowest BCUT2D eigenvalue weighted by atomic mass is 9.32. The van der Waals surface area contributed by atoms with Gasteiger partial charge >= 0.3 is 11.9 Å². The molecule has 1 N–H and O–H groups in total. The molecule has 4 unspecified atom stereocenters. The minimum Gasteiger partial charge on any atom is -0.481 e. The summed E-state index contributed by atoms with van der Waals surface area (Å²) in [6.45, 7) is 19.7. The van der Waals surface area contributed by atoms with E-state index in [0.29, 0.717) is 30.3 Å². The van der Waals surface area contributed by atoms with Gasteiger partial charge in [0.15, 0.2) is 0 Å². The fourth-order valence-corrected chi connectivity index (χ4v) is 13.3. The number of carboxylic acids is 1. The standard InChI is InChI=1S/C38H61NO6/c1-24(2)25-14-19-38(33(41)42)21-20-36(6)26(32(25)38)12-13-28-35(5)17-16-29(34(3,4)27(35)15-18-37(28,36)7)45-31(40)23-39(43-8)30-11-9-10-22-44-30/h25-30,32H,1,9-23H2,2-8H3,(H,41,42)/t25-,26?,27?,28?,29-,30+,32?,35-,36+,37+,38-/m0/s1. The monoisotopic (exact) mass is 627 g/mol. The van der Waals surface area contributed by atoms with Gasteiger partial charge in [-0.15, -0.1) is 5.06 Å². The Kier molecular flexibility index (Phi) is 8.64. The molecule has 0 radical (unpaired) electrons. The van der Waals surface area contributed by atoms with Crippen LogP contribution in [0.25, 0.3) is 0 Å². The van der Waals surface area contributed by atoms with Crippen LogP contribution in [0.4, 0.5) is 0 Å². The van der Waals surface area contributed by atoms with Gasteiger partial charge in [-0.2, -0.15) is 0 Å². The van der Waals surface area contributed by atoms with E-state index in [1.807, 2.05) is 0 Å². The van der Waals surface area contributed by atoms with Gasteiger partial charge in [0, 0.05) is 12.0 Å². The Morgan fingerprint density at radius 2 is 1.64 bits per heavy atom. The van der Waals surface area contributed by atoms with Gasteiger partial charge in [0.2, 0.25) is 0 Å². The summed E-state index contributed by atoms with van der Waals surface area (Å²) < 4.78 is 12.2. The quantitative estimate of drug-likeness (QED) is 0.174. The van der Waals surface area contributed by atoms with Gasteiger partial charge in [-0.3, -0.25) is 14.4 Å². The minimum atomic E-state index is -0.580. The van der Waals surface area contributed by atoms with Gasteiger partial charge in [-0.05, 0) is 136 Å². The van der Waals surface area contributed by atoms with E-state index in [1.165, 1.54) is 12.0 Å². The number of hydrogen-bond acceptors (Lipinski definition) is 6. The van der Waals surface area contributed by atoms with Crippen molar-refractivity contribution in [3.05, 3.63) is 12.2 Å². The number of esters is 1. The normalized spacial score (nSPS) is 47.2. The number of carboxylic acid groups (broad SMARTS) is 1. The van der Waals surface area contributed by atoms with Gasteiger partial charge in [-0.1, -0.05) is 46.8 Å². The van der Waals surface area contributed by atoms with Gasteiger partial charge in [0.05, 0.1) is 12.5 Å². The number of aliphatic carboxylic acids is 1. The molecule has 0 amide bonds. The summed E-state index contributed by atoms with van der Waals surface area (Å²) in [7, 11) is 1.61. The topological polar surface area (TPSA) is 85.3 Å². The lowest BCUT2D eigenvalue weighted by Gasteiger charge is -2.72. The van der Waals surface area contributed by atoms with Crippen molar-refractivity contribution in [2.45, 2.75) is 137 Å². The summed E-state index contributed by atoms with van der Waals surface area (Å²) in [4.78, 5) is 31.8. The Balaban J connectivity index is 1.21. The summed E-state index contributed by atoms with van der Waals surface area (Å²) >= 11 is 0. The predicted octanol–water partition coefficient (Wildman–Crippen LogP) is 8.03. The Morgan fingerprint density at radius 1 is 0.889 bits per heavy atom. The first-order chi connectivity index (χ1) is 21.2. The largest absolute Gasteiger partial charge is 0.481 e. The second-order valence-corrected chi connectivity index (χ2v) is 17.6. The second-order valence-electron chi connectivity index (χ2n) is 17.6. The van der Waals surface area contributed by atoms with Crippen LogP contribution < -0.4 is 0 Å². The van der Waals surface area contributed by atoms with E-state index in [-0.39, 0.29) is 52.4 Å². The van der Waals surface area contributed by atoms with Crippen LogP contribution in [-0.2, 0) is 23.9 Å². The SMILES string of the molecule is C=C(C)[C@@H]1CC[C@]2(C(=O)O)CC[C@]3(C)C(CCC4[C@@]5(C)CC[C@H](OC(=O)CN(OC)[C@H]6CCCCO6)C(C)(C)C5CC[C@]43C)C12. The first-order valence-corrected chi connectivity index (χ1v) is 18.2. The number of allylic oxidation sites excluding steroid dienone is 1. The van der Waals surface area contributed by atoms with Crippen molar-refractivity contribution in [1.29, 1.82) is 0 Å². The molecule has 254 valence electrons. The molecule has 0 bridgehead atoms. The molecule has 1 aliphatic heterocycles. The molecule has 11 atom stereocenters. The van der Waals surface area contributed by atoms with E-state index in [9.17, 15) is 14.7 Å². The predicted molar refractivity (Wildman–Crippen MR) is 174 cm³/mol. The van der Waals surface area contributed by atoms with Crippen LogP contribution in [0, 0.1) is 56.7 Å². The molecule has 45 heavy (non-hydrogen) atoms. The summed E-state index contributed by atoms with van der Waals surface area (Å²) in [5, 5.41) is 12.3. The van der Waals surface area contributed by atoms with Gasteiger partial charge in [-0.25, -0.2) is 0 Å². The molecule has 5 aliphatic carbocycles. The average Bonchev–Trinajstić information content (AvgIpc) is 3.40. The Hall–Kier alpha value is -1.44. The van der Waals surface area contributed by atoms with E-state index in [4.69, 9.17) is 14.3 Å². The molecule has 0 aromatic rings. The van der Waals surface area contributed by atoms with Gasteiger partial charge < -0.3 is 14.6 Å². The molecule has 6 aliphatic rings. The van der Waals surface area contributed by atoms with Crippen LogP contribution in [0.1, 0.15) is 125 Å². The lowest BCUT2D eigenvalue weighted by molar-refractivity contribution is -0.259. The summed E-state index contributed by atoms with van der Waals surface area (Å²) in [6, 6.07) is 0. The van der Waals surface area contributed by atoms with Crippen molar-refractivity contribution >= 4 is 11.9 Å². The first-order valence-electron chi connectivity index (χ1n) is 18.2. The zero-order valence-electron chi connectivity index (χ0n) is 29.3. The number of ether oxygens (including phenoxy) is 2. The maximum Gasteiger partial charge on any atom is 0.323 e. The number of fused-ring (bicyclic) bond motifs is 7. The van der Waals surface area contributed by atoms with Crippen molar-refractivity contribution in [1.82, 2.24) is 5.06 Å². The molecule has 7 heteroatoms. The van der Waals surface area contributed by atoms with E-state index < -0.39 is 11.4 Å². The van der Waals surface area contributed by atoms with Crippen molar-refractivity contribution in [2.24, 2.45) is 56.7 Å². The maximum absolute atomic E-state index is 13.3. The Labute approximate surface area is 272 Å². The number of hydrogen-bond donors (Lipinski definition) is 1. The molecular weight excluding hydrogens is 566 g/mol. The molecule has 1 heterocycles. The number of rotatable bonds is 7. The highest BCUT2D eigenvalue weighted by Gasteiger charge is 2.72. The number of nitrogens with zero attached hydrogens (tertiary/aromatic N) is 1. The van der Waals surface area contributed by atoms with Crippen molar-refractivity contribution in [3.63, 3.8) is 0 Å². The van der Waals surface area contributed by atoms with E-state index in [0.717, 1.165) is 77.0 Å². The zero-order valence-corrected chi connectivity index (χ0v) is 29.3. The molecule has 1 saturated heterocycles. The summed E-state index contributed by atoms with van der Waals surface area (Å²) in [5.41, 5.74) is 0.902. The minimum absolute atomic E-state index is 0.0836. The van der Waals surface area contributed by atoms with Gasteiger partial charge in [0.1, 0.15) is 18.9 Å². The molecule has 5 saturated carbocycles. The second kappa shape index (κ2) is 11.6. The zero-order chi connectivity index (χ0) is 32.6. The highest BCUT2D eigenvalue weighted by atomic mass is 16.7. The van der Waals surface area contributed by atoms with Crippen LogP contribution in [0.3, 0.4) is 0 Å². The maximum atomic E-state index is 13.3. The molecular formula is C38H61NO6.